The van der Waals surface area contributed by atoms with Gasteiger partial charge in [0.25, 0.3) is 6.54 Å². The van der Waals surface area contributed by atoms with E-state index in [9.17, 15) is 34.5 Å². The highest BCUT2D eigenvalue weighted by Crippen LogP contribution is 2.10. The molecule has 0 bridgehead atoms. The van der Waals surface area contributed by atoms with E-state index in [4.69, 9.17) is 10.4 Å². The van der Waals surface area contributed by atoms with Crippen LogP contribution in [0, 0.1) is 11.3 Å². The van der Waals surface area contributed by atoms with Crippen LogP contribution in [0.3, 0.4) is 0 Å². The zero-order valence-electron chi connectivity index (χ0n) is 17.6. The van der Waals surface area contributed by atoms with Gasteiger partial charge in [0.15, 0.2) is 26.2 Å². The number of nitriles is 1. The van der Waals surface area contributed by atoms with E-state index in [2.05, 4.69) is 11.4 Å². The summed E-state index contributed by atoms with van der Waals surface area (Å²) in [5, 5.41) is 48.8. The molecule has 12 heteroatoms. The molecule has 0 saturated carbocycles. The minimum absolute atomic E-state index is 0.00172. The molecule has 0 amide bonds. The largest absolute Gasteiger partial charge is 0.477 e. The van der Waals surface area contributed by atoms with Crippen LogP contribution in [0.1, 0.15) is 32.1 Å². The lowest BCUT2D eigenvalue weighted by molar-refractivity contribution is -0.907. The first-order valence-corrected chi connectivity index (χ1v) is 10.0. The number of hydrogen-bond donors (Lipinski definition) is 4. The molecule has 0 atom stereocenters. The highest BCUT2D eigenvalue weighted by atomic mass is 16.4. The Kier molecular flexibility index (Phi) is 14.6. The molecule has 0 aliphatic rings. The van der Waals surface area contributed by atoms with Crippen molar-refractivity contribution in [1.82, 2.24) is 10.2 Å². The number of aliphatic carboxylic acids is 4. The second-order valence-corrected chi connectivity index (χ2v) is 7.38. The molecule has 4 N–H and O–H groups in total. The second kappa shape index (κ2) is 16.0. The molecule has 2 radical (unpaired) electrons. The first kappa shape index (κ1) is 28.2. The van der Waals surface area contributed by atoms with Gasteiger partial charge in [0.2, 0.25) is 0 Å². The number of carboxylic acid groups (broad SMARTS) is 4. The number of carbonyl (C=O) groups is 4. The first-order valence-electron chi connectivity index (χ1n) is 10.0. The van der Waals surface area contributed by atoms with E-state index in [0.717, 1.165) is 25.7 Å². The van der Waals surface area contributed by atoms with Crippen molar-refractivity contribution in [3.63, 3.8) is 0 Å². The number of carboxylic acids is 4. The van der Waals surface area contributed by atoms with Gasteiger partial charge in [0.05, 0.1) is 24.5 Å². The maximum atomic E-state index is 11.3. The fourth-order valence-corrected chi connectivity index (χ4v) is 3.23. The lowest BCUT2D eigenvalue weighted by atomic mass is 10.1. The van der Waals surface area contributed by atoms with Gasteiger partial charge >= 0.3 is 23.9 Å². The van der Waals surface area contributed by atoms with Crippen molar-refractivity contribution >= 4 is 23.9 Å². The van der Waals surface area contributed by atoms with Gasteiger partial charge in [-0.15, -0.1) is 0 Å². The SMILES string of the molecule is N#CCCCCCCN(CC[N+]CC(=O)O)CC[N+](CC(=O)O)(CC(=O)O)CC(=O)O. The predicted octanol–water partition coefficient (Wildman–Crippen LogP) is -0.478. The molecular formula is C19H32N4O8+2. The van der Waals surface area contributed by atoms with Crippen molar-refractivity contribution in [2.75, 3.05) is 58.9 Å². The molecule has 0 unspecified atom stereocenters. The lowest BCUT2D eigenvalue weighted by Gasteiger charge is -2.36. The molecule has 0 aliphatic carbocycles. The minimum atomic E-state index is -1.29. The molecule has 12 nitrogen and oxygen atoms in total. The molecule has 0 saturated heterocycles. The highest BCUT2D eigenvalue weighted by Gasteiger charge is 2.36. The number of quaternary nitrogens is 1. The van der Waals surface area contributed by atoms with Gasteiger partial charge in [-0.25, -0.2) is 19.2 Å². The molecule has 31 heavy (non-hydrogen) atoms. The van der Waals surface area contributed by atoms with E-state index in [0.29, 0.717) is 19.5 Å². The van der Waals surface area contributed by atoms with Crippen LogP contribution in [-0.2, 0) is 19.2 Å². The molecule has 174 valence electrons. The van der Waals surface area contributed by atoms with Gasteiger partial charge in [-0.3, -0.25) is 9.38 Å². The van der Waals surface area contributed by atoms with Crippen LogP contribution in [0.5, 0.6) is 0 Å². The van der Waals surface area contributed by atoms with E-state index in [1.54, 1.807) is 0 Å². The van der Waals surface area contributed by atoms with Gasteiger partial charge in [-0.1, -0.05) is 12.8 Å². The van der Waals surface area contributed by atoms with Crippen LogP contribution in [0.2, 0.25) is 0 Å². The standard InChI is InChI=1S/C19H31N4O8/c20-6-4-2-1-3-5-8-22(9-7-21-12-16(24)25)10-11-23(13-17(26)27,14-18(28)29)15-19(30)31/h1-5,7-15H2,(H3-,24,25,26,27,28,29,30,31)/q+1/p+1. The molecule has 0 aromatic heterocycles. The third-order valence-electron chi connectivity index (χ3n) is 4.64. The van der Waals surface area contributed by atoms with Crippen LogP contribution < -0.4 is 5.32 Å². The van der Waals surface area contributed by atoms with Gasteiger partial charge < -0.3 is 20.4 Å². The van der Waals surface area contributed by atoms with Gasteiger partial charge in [0.1, 0.15) is 0 Å². The van der Waals surface area contributed by atoms with Crippen LogP contribution in [0.25, 0.3) is 0 Å². The summed E-state index contributed by atoms with van der Waals surface area (Å²) in [6.07, 6.45) is 3.80. The summed E-state index contributed by atoms with van der Waals surface area (Å²) in [6, 6.07) is 2.08. The van der Waals surface area contributed by atoms with Gasteiger partial charge in [0, 0.05) is 13.0 Å². The topological polar surface area (TPSA) is 190 Å². The Morgan fingerprint density at radius 3 is 1.81 bits per heavy atom. The first-order chi connectivity index (χ1) is 14.6. The quantitative estimate of drug-likeness (QED) is 0.141. The molecule has 0 aromatic carbocycles. The van der Waals surface area contributed by atoms with Gasteiger partial charge in [-0.05, 0) is 19.4 Å². The van der Waals surface area contributed by atoms with Crippen molar-refractivity contribution in [3.05, 3.63) is 0 Å². The third-order valence-corrected chi connectivity index (χ3v) is 4.64. The van der Waals surface area contributed by atoms with Crippen LogP contribution in [0.15, 0.2) is 0 Å². The Labute approximate surface area is 181 Å². The minimum Gasteiger partial charge on any atom is -0.477 e. The monoisotopic (exact) mass is 444 g/mol. The Bertz CT molecular complexity index is 594. The Balaban J connectivity index is 5.07. The van der Waals surface area contributed by atoms with Crippen molar-refractivity contribution < 1.29 is 44.1 Å². The molecule has 0 rings (SSSR count). The number of hydrogen-bond acceptors (Lipinski definition) is 6. The highest BCUT2D eigenvalue weighted by molar-refractivity contribution is 5.73. The Morgan fingerprint density at radius 2 is 1.32 bits per heavy atom. The maximum Gasteiger partial charge on any atom is 0.370 e. The Hall–Kier alpha value is -2.75. The molecule has 0 aromatic rings. The summed E-state index contributed by atoms with van der Waals surface area (Å²) in [5.74, 6) is -4.92. The van der Waals surface area contributed by atoms with Crippen molar-refractivity contribution in [1.29, 1.82) is 5.26 Å². The second-order valence-electron chi connectivity index (χ2n) is 7.38. The lowest BCUT2D eigenvalue weighted by Crippen LogP contribution is -2.59. The molecule has 0 aliphatic heterocycles. The van der Waals surface area contributed by atoms with Crippen molar-refractivity contribution in [3.8, 4) is 6.07 Å². The molecule has 0 heterocycles. The normalized spacial score (nSPS) is 11.2. The summed E-state index contributed by atoms with van der Waals surface area (Å²) in [7, 11) is 0. The average molecular weight is 444 g/mol. The van der Waals surface area contributed by atoms with E-state index in [1.165, 1.54) is 0 Å². The summed E-state index contributed by atoms with van der Waals surface area (Å²) in [5.41, 5.74) is 0. The van der Waals surface area contributed by atoms with E-state index >= 15 is 0 Å². The van der Waals surface area contributed by atoms with Crippen LogP contribution in [0.4, 0.5) is 0 Å². The average Bonchev–Trinajstić information content (AvgIpc) is 2.63. The maximum absolute atomic E-state index is 11.3. The van der Waals surface area contributed by atoms with Crippen LogP contribution in [-0.4, -0.2) is 113 Å². The van der Waals surface area contributed by atoms with Crippen LogP contribution >= 0.6 is 0 Å². The number of rotatable bonds is 20. The molecular weight excluding hydrogens is 412 g/mol. The summed E-state index contributed by atoms with van der Waals surface area (Å²) >= 11 is 0. The Morgan fingerprint density at radius 1 is 0.774 bits per heavy atom. The summed E-state index contributed by atoms with van der Waals surface area (Å²) < 4.78 is -0.634. The van der Waals surface area contributed by atoms with E-state index in [-0.39, 0.29) is 26.2 Å². The fraction of sp³-hybridized carbons (Fsp3) is 0.737. The fourth-order valence-electron chi connectivity index (χ4n) is 3.23. The van der Waals surface area contributed by atoms with E-state index in [1.807, 2.05) is 4.90 Å². The number of unbranched alkanes of at least 4 members (excludes halogenated alkanes) is 4. The van der Waals surface area contributed by atoms with E-state index < -0.39 is 48.0 Å². The third kappa shape index (κ3) is 15.7. The zero-order valence-corrected chi connectivity index (χ0v) is 17.6. The van der Waals surface area contributed by atoms with Crippen molar-refractivity contribution in [2.24, 2.45) is 0 Å². The smallest absolute Gasteiger partial charge is 0.370 e. The molecule has 0 spiro atoms. The molecule has 0 fully saturated rings. The van der Waals surface area contributed by atoms with Gasteiger partial charge in [-0.2, -0.15) is 5.26 Å². The summed E-state index contributed by atoms with van der Waals surface area (Å²) in [4.78, 5) is 46.4. The zero-order chi connectivity index (χ0) is 23.7. The summed E-state index contributed by atoms with van der Waals surface area (Å²) in [6.45, 7) is -0.789. The van der Waals surface area contributed by atoms with Crippen molar-refractivity contribution in [2.45, 2.75) is 32.1 Å². The predicted molar refractivity (Wildman–Crippen MR) is 107 cm³/mol. The number of nitrogens with zero attached hydrogens (tertiary/aromatic N) is 4.